The van der Waals surface area contributed by atoms with Crippen LogP contribution >= 0.6 is 0 Å². The number of rotatable bonds is 5. The van der Waals surface area contributed by atoms with Crippen LogP contribution in [0.5, 0.6) is 23.0 Å². The Bertz CT molecular complexity index is 1280. The Kier molecular flexibility index (Phi) is 5.17. The van der Waals surface area contributed by atoms with Gasteiger partial charge in [-0.2, -0.15) is 0 Å². The lowest BCUT2D eigenvalue weighted by molar-refractivity contribution is 0.0735. The molecule has 0 radical (unpaired) electrons. The first-order chi connectivity index (χ1) is 14.5. The van der Waals surface area contributed by atoms with E-state index in [-0.39, 0.29) is 28.0 Å². The smallest absolute Gasteiger partial charge is 0.343 e. The summed E-state index contributed by atoms with van der Waals surface area (Å²) in [5.41, 5.74) is 0.0221. The van der Waals surface area contributed by atoms with Gasteiger partial charge in [-0.1, -0.05) is 12.1 Å². The van der Waals surface area contributed by atoms with Crippen molar-refractivity contribution in [1.29, 1.82) is 0 Å². The quantitative estimate of drug-likeness (QED) is 0.345. The minimum absolute atomic E-state index is 0.0111. The third kappa shape index (κ3) is 3.86. The molecule has 0 unspecified atom stereocenters. The number of methoxy groups -OCH3 is 1. The van der Waals surface area contributed by atoms with Gasteiger partial charge in [0, 0.05) is 6.07 Å². The van der Waals surface area contributed by atoms with Crippen LogP contribution in [0.15, 0.2) is 82.2 Å². The van der Waals surface area contributed by atoms with E-state index in [2.05, 4.69) is 0 Å². The number of ether oxygens (including phenoxy) is 3. The number of carbonyl (C=O) groups excluding carboxylic acids is 1. The monoisotopic (exact) mass is 406 g/mol. The van der Waals surface area contributed by atoms with Gasteiger partial charge in [0.15, 0.2) is 11.5 Å². The number of carbonyl (C=O) groups is 1. The van der Waals surface area contributed by atoms with Crippen molar-refractivity contribution in [3.8, 4) is 23.0 Å². The number of para-hydroxylation sites is 2. The Labute approximate surface area is 170 Å². The van der Waals surface area contributed by atoms with Gasteiger partial charge in [-0.15, -0.1) is 0 Å². The van der Waals surface area contributed by atoms with E-state index in [1.54, 1.807) is 24.3 Å². The molecule has 0 bridgehead atoms. The molecule has 0 aliphatic heterocycles. The number of halogens is 1. The van der Waals surface area contributed by atoms with E-state index in [1.807, 2.05) is 0 Å². The first-order valence-electron chi connectivity index (χ1n) is 8.89. The highest BCUT2D eigenvalue weighted by Gasteiger charge is 2.14. The molecule has 6 nitrogen and oxygen atoms in total. The van der Waals surface area contributed by atoms with Gasteiger partial charge in [-0.25, -0.2) is 9.18 Å². The first kappa shape index (κ1) is 19.2. The molecule has 0 aliphatic carbocycles. The fourth-order valence-corrected chi connectivity index (χ4v) is 2.80. The maximum atomic E-state index is 13.0. The minimum Gasteiger partial charge on any atom is -0.493 e. The molecule has 0 atom stereocenters. The second-order valence-corrected chi connectivity index (χ2v) is 6.24. The number of hydrogen-bond donors (Lipinski definition) is 0. The Morgan fingerprint density at radius 1 is 0.933 bits per heavy atom. The molecular formula is C23H15FO6. The molecule has 150 valence electrons. The molecule has 0 amide bonds. The first-order valence-corrected chi connectivity index (χ1v) is 8.89. The molecule has 30 heavy (non-hydrogen) atoms. The fourth-order valence-electron chi connectivity index (χ4n) is 2.80. The van der Waals surface area contributed by atoms with Gasteiger partial charge >= 0.3 is 5.97 Å². The van der Waals surface area contributed by atoms with Crippen molar-refractivity contribution in [2.75, 3.05) is 7.11 Å². The Hall–Kier alpha value is -4.13. The van der Waals surface area contributed by atoms with Gasteiger partial charge in [0.05, 0.1) is 18.1 Å². The van der Waals surface area contributed by atoms with Crippen molar-refractivity contribution in [2.24, 2.45) is 0 Å². The minimum atomic E-state index is -0.659. The van der Waals surface area contributed by atoms with Crippen LogP contribution in [0.4, 0.5) is 4.39 Å². The fraction of sp³-hybridized carbons (Fsp3) is 0.0435. The van der Waals surface area contributed by atoms with Crippen molar-refractivity contribution in [3.05, 3.63) is 94.6 Å². The van der Waals surface area contributed by atoms with E-state index in [0.717, 1.165) is 0 Å². The third-order valence-corrected chi connectivity index (χ3v) is 4.29. The van der Waals surface area contributed by atoms with Crippen LogP contribution in [0.25, 0.3) is 11.0 Å². The number of hydrogen-bond acceptors (Lipinski definition) is 6. The zero-order valence-electron chi connectivity index (χ0n) is 15.8. The molecule has 0 N–H and O–H groups in total. The van der Waals surface area contributed by atoms with Crippen LogP contribution in [0.2, 0.25) is 0 Å². The molecule has 7 heteroatoms. The summed E-state index contributed by atoms with van der Waals surface area (Å²) < 4.78 is 34.6. The van der Waals surface area contributed by atoms with Gasteiger partial charge in [0.2, 0.25) is 11.2 Å². The Morgan fingerprint density at radius 3 is 2.40 bits per heavy atom. The van der Waals surface area contributed by atoms with E-state index in [0.29, 0.717) is 11.5 Å². The van der Waals surface area contributed by atoms with E-state index in [4.69, 9.17) is 18.6 Å². The number of esters is 1. The molecule has 0 aliphatic rings. The summed E-state index contributed by atoms with van der Waals surface area (Å²) in [6.45, 7) is 0. The molecule has 0 saturated heterocycles. The molecular weight excluding hydrogens is 391 g/mol. The van der Waals surface area contributed by atoms with Crippen LogP contribution in [-0.2, 0) is 0 Å². The van der Waals surface area contributed by atoms with Crippen LogP contribution in [0.3, 0.4) is 0 Å². The lowest BCUT2D eigenvalue weighted by Crippen LogP contribution is -2.09. The summed E-state index contributed by atoms with van der Waals surface area (Å²) in [6, 6.07) is 16.2. The molecule has 0 fully saturated rings. The number of fused-ring (bicyclic) bond motifs is 1. The third-order valence-electron chi connectivity index (χ3n) is 4.29. The maximum absolute atomic E-state index is 13.0. The van der Waals surface area contributed by atoms with Crippen LogP contribution in [-0.4, -0.2) is 13.1 Å². The average molecular weight is 406 g/mol. The molecule has 1 aromatic heterocycles. The largest absolute Gasteiger partial charge is 0.493 e. The summed E-state index contributed by atoms with van der Waals surface area (Å²) in [4.78, 5) is 24.9. The van der Waals surface area contributed by atoms with Crippen molar-refractivity contribution in [3.63, 3.8) is 0 Å². The molecule has 4 aromatic rings. The maximum Gasteiger partial charge on any atom is 0.343 e. The average Bonchev–Trinajstić information content (AvgIpc) is 2.76. The van der Waals surface area contributed by atoms with E-state index < -0.39 is 17.2 Å². The van der Waals surface area contributed by atoms with E-state index in [9.17, 15) is 14.0 Å². The molecule has 3 aromatic carbocycles. The topological polar surface area (TPSA) is 75.0 Å². The van der Waals surface area contributed by atoms with E-state index >= 15 is 0 Å². The SMILES string of the molecule is COc1ccccc1Oc1coc2cc(OC(=O)c3ccc(F)cc3)ccc2c1=O. The van der Waals surface area contributed by atoms with Crippen molar-refractivity contribution in [1.82, 2.24) is 0 Å². The van der Waals surface area contributed by atoms with Gasteiger partial charge in [-0.3, -0.25) is 4.79 Å². The second-order valence-electron chi connectivity index (χ2n) is 6.24. The normalized spacial score (nSPS) is 10.6. The van der Waals surface area contributed by atoms with Gasteiger partial charge in [0.25, 0.3) is 0 Å². The molecule has 0 spiro atoms. The molecule has 1 heterocycles. The van der Waals surface area contributed by atoms with E-state index in [1.165, 1.54) is 55.8 Å². The highest BCUT2D eigenvalue weighted by molar-refractivity contribution is 5.91. The van der Waals surface area contributed by atoms with Gasteiger partial charge in [-0.05, 0) is 48.5 Å². The lowest BCUT2D eigenvalue weighted by atomic mass is 10.2. The molecule has 0 saturated carbocycles. The lowest BCUT2D eigenvalue weighted by Gasteiger charge is -2.10. The van der Waals surface area contributed by atoms with Crippen LogP contribution in [0.1, 0.15) is 10.4 Å². The van der Waals surface area contributed by atoms with Crippen molar-refractivity contribution >= 4 is 16.9 Å². The summed E-state index contributed by atoms with van der Waals surface area (Å²) >= 11 is 0. The summed E-state index contributed by atoms with van der Waals surface area (Å²) in [5.74, 6) is -0.101. The van der Waals surface area contributed by atoms with Gasteiger partial charge < -0.3 is 18.6 Å². The Morgan fingerprint density at radius 2 is 1.67 bits per heavy atom. The molecule has 4 rings (SSSR count). The van der Waals surface area contributed by atoms with Crippen LogP contribution < -0.4 is 19.6 Å². The van der Waals surface area contributed by atoms with Crippen molar-refractivity contribution < 1.29 is 27.8 Å². The summed E-state index contributed by atoms with van der Waals surface area (Å²) in [7, 11) is 1.50. The van der Waals surface area contributed by atoms with Crippen molar-refractivity contribution in [2.45, 2.75) is 0 Å². The zero-order chi connectivity index (χ0) is 21.1. The Balaban J connectivity index is 1.60. The predicted octanol–water partition coefficient (Wildman–Crippen LogP) is 4.95. The highest BCUT2D eigenvalue weighted by Crippen LogP contribution is 2.30. The predicted molar refractivity (Wildman–Crippen MR) is 107 cm³/mol. The summed E-state index contributed by atoms with van der Waals surface area (Å²) in [5, 5.41) is 0.254. The second kappa shape index (κ2) is 8.08. The van der Waals surface area contributed by atoms with Crippen LogP contribution in [0, 0.1) is 5.82 Å². The standard InChI is InChI=1S/C23H15FO6/c1-27-18-4-2-3-5-19(18)30-21-13-28-20-12-16(10-11-17(20)22(21)25)29-23(26)14-6-8-15(24)9-7-14/h2-13H,1H3. The number of benzene rings is 3. The zero-order valence-corrected chi connectivity index (χ0v) is 15.8. The van der Waals surface area contributed by atoms with Gasteiger partial charge in [0.1, 0.15) is 23.4 Å². The highest BCUT2D eigenvalue weighted by atomic mass is 19.1. The summed E-state index contributed by atoms with van der Waals surface area (Å²) in [6.07, 6.45) is 1.18.